The largest absolute Gasteiger partial charge is 0.457 e. The standard InChI is InChI=1S/C19H22O2/c20-11-5-6-15-12-17(13-15)16-7-4-10-19(14-16)21-18-8-2-1-3-9-18/h1-4,7-10,14-15,17,20H,5-6,11-13H2. The third-order valence-electron chi connectivity index (χ3n) is 4.31. The summed E-state index contributed by atoms with van der Waals surface area (Å²) in [4.78, 5) is 0. The third-order valence-corrected chi connectivity index (χ3v) is 4.31. The van der Waals surface area contributed by atoms with Crippen LogP contribution in [0.5, 0.6) is 11.5 Å². The van der Waals surface area contributed by atoms with E-state index in [0.29, 0.717) is 12.5 Å². The van der Waals surface area contributed by atoms with Gasteiger partial charge in [0.05, 0.1) is 0 Å². The van der Waals surface area contributed by atoms with Gasteiger partial charge in [-0.05, 0) is 67.3 Å². The average molecular weight is 282 g/mol. The third kappa shape index (κ3) is 3.64. The molecule has 0 atom stereocenters. The SMILES string of the molecule is OCCCC1CC(c2cccc(Oc3ccccc3)c2)C1. The van der Waals surface area contributed by atoms with Gasteiger partial charge in [-0.3, -0.25) is 0 Å². The quantitative estimate of drug-likeness (QED) is 0.828. The highest BCUT2D eigenvalue weighted by atomic mass is 16.5. The lowest BCUT2D eigenvalue weighted by molar-refractivity contribution is 0.211. The van der Waals surface area contributed by atoms with Crippen molar-refractivity contribution in [2.45, 2.75) is 31.6 Å². The predicted octanol–water partition coefficient (Wildman–Crippen LogP) is 4.75. The van der Waals surface area contributed by atoms with Crippen LogP contribution in [0.2, 0.25) is 0 Å². The molecule has 0 heterocycles. The minimum absolute atomic E-state index is 0.321. The Morgan fingerprint density at radius 2 is 1.71 bits per heavy atom. The Labute approximate surface area is 126 Å². The molecule has 110 valence electrons. The lowest BCUT2D eigenvalue weighted by atomic mass is 9.70. The van der Waals surface area contributed by atoms with Crippen LogP contribution in [0.3, 0.4) is 0 Å². The van der Waals surface area contributed by atoms with Crippen LogP contribution in [0.25, 0.3) is 0 Å². The van der Waals surface area contributed by atoms with E-state index in [1.165, 1.54) is 18.4 Å². The maximum Gasteiger partial charge on any atom is 0.127 e. The van der Waals surface area contributed by atoms with Crippen molar-refractivity contribution in [3.8, 4) is 11.5 Å². The Hall–Kier alpha value is -1.80. The molecule has 0 aromatic heterocycles. The summed E-state index contributed by atoms with van der Waals surface area (Å²) in [6.45, 7) is 0.321. The number of aliphatic hydroxyl groups is 1. The van der Waals surface area contributed by atoms with E-state index in [1.54, 1.807) is 0 Å². The maximum absolute atomic E-state index is 8.88. The first kappa shape index (κ1) is 14.2. The lowest BCUT2D eigenvalue weighted by Crippen LogP contribution is -2.22. The maximum atomic E-state index is 8.88. The molecular formula is C19H22O2. The zero-order valence-electron chi connectivity index (χ0n) is 12.2. The predicted molar refractivity (Wildman–Crippen MR) is 84.7 cm³/mol. The lowest BCUT2D eigenvalue weighted by Gasteiger charge is -2.36. The number of ether oxygens (including phenoxy) is 1. The van der Waals surface area contributed by atoms with Crippen LogP contribution in [0.4, 0.5) is 0 Å². The van der Waals surface area contributed by atoms with Gasteiger partial charge in [-0.1, -0.05) is 30.3 Å². The second kappa shape index (κ2) is 6.77. The van der Waals surface area contributed by atoms with E-state index in [2.05, 4.69) is 18.2 Å². The summed E-state index contributed by atoms with van der Waals surface area (Å²) in [7, 11) is 0. The minimum atomic E-state index is 0.321. The monoisotopic (exact) mass is 282 g/mol. The Morgan fingerprint density at radius 3 is 2.48 bits per heavy atom. The molecule has 1 saturated carbocycles. The molecule has 0 unspecified atom stereocenters. The Kier molecular flexibility index (Phi) is 4.56. The summed E-state index contributed by atoms with van der Waals surface area (Å²) in [6, 6.07) is 18.4. The van der Waals surface area contributed by atoms with Crippen LogP contribution in [0.15, 0.2) is 54.6 Å². The molecule has 3 rings (SSSR count). The van der Waals surface area contributed by atoms with Crippen LogP contribution in [0, 0.1) is 5.92 Å². The molecule has 0 radical (unpaired) electrons. The highest BCUT2D eigenvalue weighted by molar-refractivity contribution is 5.35. The molecule has 2 heteroatoms. The summed E-state index contributed by atoms with van der Waals surface area (Å²) in [5.74, 6) is 3.25. The Morgan fingerprint density at radius 1 is 0.952 bits per heavy atom. The van der Waals surface area contributed by atoms with E-state index in [0.717, 1.165) is 30.3 Å². The van der Waals surface area contributed by atoms with Gasteiger partial charge in [0.2, 0.25) is 0 Å². The average Bonchev–Trinajstić information content (AvgIpc) is 2.47. The molecule has 1 aliphatic carbocycles. The van der Waals surface area contributed by atoms with Gasteiger partial charge in [-0.2, -0.15) is 0 Å². The molecule has 0 spiro atoms. The van der Waals surface area contributed by atoms with Crippen molar-refractivity contribution in [1.29, 1.82) is 0 Å². The van der Waals surface area contributed by atoms with Crippen molar-refractivity contribution in [1.82, 2.24) is 0 Å². The van der Waals surface area contributed by atoms with Gasteiger partial charge in [0.15, 0.2) is 0 Å². The van der Waals surface area contributed by atoms with Crippen molar-refractivity contribution in [3.05, 3.63) is 60.2 Å². The van der Waals surface area contributed by atoms with Gasteiger partial charge in [-0.15, -0.1) is 0 Å². The number of hydrogen-bond donors (Lipinski definition) is 1. The fourth-order valence-electron chi connectivity index (χ4n) is 3.08. The summed E-state index contributed by atoms with van der Waals surface area (Å²) in [5, 5.41) is 8.88. The zero-order chi connectivity index (χ0) is 14.5. The van der Waals surface area contributed by atoms with E-state index in [4.69, 9.17) is 9.84 Å². The normalized spacial score (nSPS) is 20.8. The van der Waals surface area contributed by atoms with Crippen LogP contribution in [-0.2, 0) is 0 Å². The Balaban J connectivity index is 1.60. The molecule has 2 nitrogen and oxygen atoms in total. The fraction of sp³-hybridized carbons (Fsp3) is 0.368. The van der Waals surface area contributed by atoms with Crippen LogP contribution in [0.1, 0.15) is 37.2 Å². The second-order valence-corrected chi connectivity index (χ2v) is 5.89. The number of hydrogen-bond acceptors (Lipinski definition) is 2. The topological polar surface area (TPSA) is 29.5 Å². The van der Waals surface area contributed by atoms with Gasteiger partial charge in [0.25, 0.3) is 0 Å². The van der Waals surface area contributed by atoms with E-state index >= 15 is 0 Å². The molecule has 0 saturated heterocycles. The summed E-state index contributed by atoms with van der Waals surface area (Å²) in [6.07, 6.45) is 4.59. The first-order valence-corrected chi connectivity index (χ1v) is 7.79. The van der Waals surface area contributed by atoms with Gasteiger partial charge in [0, 0.05) is 6.61 Å². The van der Waals surface area contributed by atoms with Crippen molar-refractivity contribution >= 4 is 0 Å². The number of rotatable bonds is 6. The summed E-state index contributed by atoms with van der Waals surface area (Å²) >= 11 is 0. The molecule has 0 amide bonds. The van der Waals surface area contributed by atoms with E-state index < -0.39 is 0 Å². The van der Waals surface area contributed by atoms with Crippen molar-refractivity contribution in [2.24, 2.45) is 5.92 Å². The first-order valence-electron chi connectivity index (χ1n) is 7.79. The molecule has 2 aromatic rings. The van der Waals surface area contributed by atoms with Gasteiger partial charge in [0.1, 0.15) is 11.5 Å². The minimum Gasteiger partial charge on any atom is -0.457 e. The smallest absolute Gasteiger partial charge is 0.127 e. The Bertz CT molecular complexity index is 559. The number of aliphatic hydroxyl groups excluding tert-OH is 1. The highest BCUT2D eigenvalue weighted by Gasteiger charge is 2.29. The van der Waals surface area contributed by atoms with Crippen LogP contribution < -0.4 is 4.74 Å². The number of benzene rings is 2. The van der Waals surface area contributed by atoms with Gasteiger partial charge in [-0.25, -0.2) is 0 Å². The molecule has 2 aromatic carbocycles. The molecule has 0 bridgehead atoms. The zero-order valence-corrected chi connectivity index (χ0v) is 12.2. The summed E-state index contributed by atoms with van der Waals surface area (Å²) < 4.78 is 5.90. The molecule has 1 aliphatic rings. The van der Waals surface area contributed by atoms with Crippen molar-refractivity contribution in [2.75, 3.05) is 6.61 Å². The summed E-state index contributed by atoms with van der Waals surface area (Å²) in [5.41, 5.74) is 1.38. The fourth-order valence-corrected chi connectivity index (χ4v) is 3.08. The molecule has 1 fully saturated rings. The molecule has 1 N–H and O–H groups in total. The first-order chi connectivity index (χ1) is 10.3. The van der Waals surface area contributed by atoms with Crippen LogP contribution in [-0.4, -0.2) is 11.7 Å². The molecule has 21 heavy (non-hydrogen) atoms. The molecule has 0 aliphatic heterocycles. The van der Waals surface area contributed by atoms with Gasteiger partial charge >= 0.3 is 0 Å². The highest BCUT2D eigenvalue weighted by Crippen LogP contribution is 2.44. The van der Waals surface area contributed by atoms with Crippen molar-refractivity contribution < 1.29 is 9.84 Å². The van der Waals surface area contributed by atoms with E-state index in [1.807, 2.05) is 36.4 Å². The molecular weight excluding hydrogens is 260 g/mol. The van der Waals surface area contributed by atoms with Crippen LogP contribution >= 0.6 is 0 Å². The van der Waals surface area contributed by atoms with Crippen molar-refractivity contribution in [3.63, 3.8) is 0 Å². The second-order valence-electron chi connectivity index (χ2n) is 5.89. The van der Waals surface area contributed by atoms with E-state index in [-0.39, 0.29) is 0 Å². The number of para-hydroxylation sites is 1. The van der Waals surface area contributed by atoms with Gasteiger partial charge < -0.3 is 9.84 Å². The van der Waals surface area contributed by atoms with E-state index in [9.17, 15) is 0 Å².